The van der Waals surface area contributed by atoms with E-state index in [0.29, 0.717) is 29.0 Å². The van der Waals surface area contributed by atoms with Crippen molar-refractivity contribution in [1.29, 1.82) is 0 Å². The fraction of sp³-hybridized carbons (Fsp3) is 0.127. The Morgan fingerprint density at radius 3 is 1.08 bits per heavy atom. The first-order valence-electron chi connectivity index (χ1n) is 20.9. The van der Waals surface area contributed by atoms with Crippen LogP contribution < -0.4 is 9.47 Å². The summed E-state index contributed by atoms with van der Waals surface area (Å²) in [6, 6.07) is 57.2. The molecule has 0 spiro atoms. The molecule has 2 aromatic heterocycles. The molecule has 8 aromatic carbocycles. The zero-order chi connectivity index (χ0) is 41.8. The largest absolute Gasteiger partial charge is 0.505 e. The lowest BCUT2D eigenvalue weighted by Gasteiger charge is -2.24. The summed E-state index contributed by atoms with van der Waals surface area (Å²) in [7, 11) is 0. The van der Waals surface area contributed by atoms with Gasteiger partial charge in [-0.2, -0.15) is 0 Å². The van der Waals surface area contributed by atoms with Gasteiger partial charge in [-0.25, -0.2) is 0 Å². The second-order valence-electron chi connectivity index (χ2n) is 16.2. The highest BCUT2D eigenvalue weighted by atomic mass is 16.5. The number of rotatable bonds is 10. The predicted octanol–water partition coefficient (Wildman–Crippen LogP) is 13.9. The zero-order valence-electron chi connectivity index (χ0n) is 34.6. The van der Waals surface area contributed by atoms with Crippen LogP contribution in [-0.4, -0.2) is 31.6 Å². The standard InChI is InChI=1S/C55H46N2O4/c1-34-29-44(54(58)50(31-34)56-46-23-11-5-17-38(46)39-18-6-12-24-47(39)56)42-21-9-15-27-52(42)60-36(3)33-37(4)61-53-28-16-10-22-43(53)45-30-35(2)32-51(55(45)59)57-48-25-13-7-19-40(48)41-20-8-14-26-49(41)57/h5-32,36-37,58-59H,33H2,1-4H3/t36-,37?/m1/s1. The summed E-state index contributed by atoms with van der Waals surface area (Å²) in [4.78, 5) is 0. The second-order valence-corrected chi connectivity index (χ2v) is 16.2. The molecule has 2 atom stereocenters. The number of phenols is 2. The number of fused-ring (bicyclic) bond motifs is 6. The number of aryl methyl sites for hydroxylation is 2. The molecule has 0 amide bonds. The molecule has 0 saturated heterocycles. The maximum absolute atomic E-state index is 12.1. The summed E-state index contributed by atoms with van der Waals surface area (Å²) in [5, 5.41) is 28.8. The highest BCUT2D eigenvalue weighted by Gasteiger charge is 2.23. The van der Waals surface area contributed by atoms with E-state index in [1.165, 1.54) is 0 Å². The number of aromatic nitrogens is 2. The van der Waals surface area contributed by atoms with Crippen molar-refractivity contribution in [2.45, 2.75) is 46.3 Å². The molecule has 1 unspecified atom stereocenters. The Balaban J connectivity index is 0.936. The summed E-state index contributed by atoms with van der Waals surface area (Å²) in [6.07, 6.45) is 0.115. The van der Waals surface area contributed by atoms with E-state index in [2.05, 4.69) is 95.8 Å². The highest BCUT2D eigenvalue weighted by molar-refractivity contribution is 6.10. The minimum atomic E-state index is -0.235. The monoisotopic (exact) mass is 798 g/mol. The van der Waals surface area contributed by atoms with Crippen LogP contribution in [0.25, 0.3) is 77.2 Å². The number of ether oxygens (including phenoxy) is 2. The third-order valence-electron chi connectivity index (χ3n) is 11.8. The number of nitrogens with zero attached hydrogens (tertiary/aromatic N) is 2. The second kappa shape index (κ2) is 15.3. The quantitative estimate of drug-likeness (QED) is 0.145. The highest BCUT2D eigenvalue weighted by Crippen LogP contribution is 2.45. The lowest BCUT2D eigenvalue weighted by molar-refractivity contribution is 0.131. The van der Waals surface area contributed by atoms with Crippen molar-refractivity contribution < 1.29 is 19.7 Å². The van der Waals surface area contributed by atoms with Crippen LogP contribution in [0.1, 0.15) is 31.4 Å². The average molecular weight is 799 g/mol. The lowest BCUT2D eigenvalue weighted by atomic mass is 9.99. The first kappa shape index (κ1) is 37.8. The van der Waals surface area contributed by atoms with Crippen LogP contribution in [-0.2, 0) is 0 Å². The Hall–Kier alpha value is -7.44. The minimum Gasteiger partial charge on any atom is -0.505 e. The van der Waals surface area contributed by atoms with Crippen LogP contribution in [0.3, 0.4) is 0 Å². The van der Waals surface area contributed by atoms with Crippen molar-refractivity contribution in [3.8, 4) is 56.6 Å². The first-order valence-corrected chi connectivity index (χ1v) is 20.9. The van der Waals surface area contributed by atoms with E-state index in [4.69, 9.17) is 9.47 Å². The van der Waals surface area contributed by atoms with E-state index < -0.39 is 0 Å². The lowest BCUT2D eigenvalue weighted by Crippen LogP contribution is -2.23. The number of hydrogen-bond acceptors (Lipinski definition) is 4. The van der Waals surface area contributed by atoms with Gasteiger partial charge >= 0.3 is 0 Å². The smallest absolute Gasteiger partial charge is 0.147 e. The maximum atomic E-state index is 12.1. The number of para-hydroxylation sites is 6. The zero-order valence-corrected chi connectivity index (χ0v) is 34.6. The van der Waals surface area contributed by atoms with Gasteiger partial charge in [-0.05, 0) is 99.5 Å². The Labute approximate surface area is 355 Å². The van der Waals surface area contributed by atoms with Crippen LogP contribution in [0.2, 0.25) is 0 Å². The summed E-state index contributed by atoms with van der Waals surface area (Å²) in [6.45, 7) is 8.22. The first-order chi connectivity index (χ1) is 29.7. The van der Waals surface area contributed by atoms with Crippen LogP contribution in [0.4, 0.5) is 0 Å². The van der Waals surface area contributed by atoms with E-state index in [-0.39, 0.29) is 23.7 Å². The third-order valence-corrected chi connectivity index (χ3v) is 11.8. The Morgan fingerprint density at radius 1 is 0.410 bits per heavy atom. The van der Waals surface area contributed by atoms with Crippen molar-refractivity contribution in [1.82, 2.24) is 9.13 Å². The molecular formula is C55H46N2O4. The molecule has 300 valence electrons. The van der Waals surface area contributed by atoms with Crippen molar-refractivity contribution in [3.05, 3.63) is 181 Å². The van der Waals surface area contributed by atoms with Gasteiger partial charge < -0.3 is 28.8 Å². The van der Waals surface area contributed by atoms with Gasteiger partial charge in [0.05, 0.1) is 45.6 Å². The van der Waals surface area contributed by atoms with Gasteiger partial charge in [0.15, 0.2) is 0 Å². The number of phenolic OH excluding ortho intramolecular Hbond substituents is 2. The molecule has 0 bridgehead atoms. The molecule has 61 heavy (non-hydrogen) atoms. The molecule has 2 heterocycles. The molecule has 2 N–H and O–H groups in total. The normalized spacial score (nSPS) is 12.7. The summed E-state index contributed by atoms with van der Waals surface area (Å²) in [5.41, 5.74) is 10.6. The predicted molar refractivity (Wildman–Crippen MR) is 250 cm³/mol. The molecule has 10 rings (SSSR count). The van der Waals surface area contributed by atoms with Crippen molar-refractivity contribution in [3.63, 3.8) is 0 Å². The van der Waals surface area contributed by atoms with E-state index in [0.717, 1.165) is 77.2 Å². The van der Waals surface area contributed by atoms with Crippen LogP contribution >= 0.6 is 0 Å². The van der Waals surface area contributed by atoms with Gasteiger partial charge in [-0.15, -0.1) is 0 Å². The third kappa shape index (κ3) is 6.61. The Morgan fingerprint density at radius 2 is 0.721 bits per heavy atom. The maximum Gasteiger partial charge on any atom is 0.147 e. The fourth-order valence-electron chi connectivity index (χ4n) is 9.22. The minimum absolute atomic E-state index is 0.190. The van der Waals surface area contributed by atoms with E-state index >= 15 is 0 Å². The van der Waals surface area contributed by atoms with Crippen LogP contribution in [0.5, 0.6) is 23.0 Å². The molecule has 0 aliphatic rings. The molecule has 0 fully saturated rings. The van der Waals surface area contributed by atoms with E-state index in [1.54, 1.807) is 0 Å². The fourth-order valence-corrected chi connectivity index (χ4v) is 9.22. The van der Waals surface area contributed by atoms with Crippen molar-refractivity contribution in [2.75, 3.05) is 0 Å². The van der Waals surface area contributed by atoms with Gasteiger partial charge in [0.25, 0.3) is 0 Å². The average Bonchev–Trinajstić information content (AvgIpc) is 3.78. The molecule has 6 nitrogen and oxygen atoms in total. The van der Waals surface area contributed by atoms with Crippen LogP contribution in [0, 0.1) is 13.8 Å². The van der Waals surface area contributed by atoms with Gasteiger partial charge in [-0.1, -0.05) is 109 Å². The van der Waals surface area contributed by atoms with Crippen molar-refractivity contribution in [2.24, 2.45) is 0 Å². The number of aromatic hydroxyl groups is 2. The topological polar surface area (TPSA) is 68.8 Å². The Bertz CT molecular complexity index is 2960. The molecule has 0 saturated carbocycles. The Kier molecular flexibility index (Phi) is 9.48. The molecule has 6 heteroatoms. The van der Waals surface area contributed by atoms with Gasteiger partial charge in [-0.3, -0.25) is 0 Å². The number of benzene rings is 8. The van der Waals surface area contributed by atoms with Gasteiger partial charge in [0.2, 0.25) is 0 Å². The summed E-state index contributed by atoms with van der Waals surface area (Å²) >= 11 is 0. The molecule has 0 aliphatic carbocycles. The van der Waals surface area contributed by atoms with Gasteiger partial charge in [0, 0.05) is 50.2 Å². The van der Waals surface area contributed by atoms with Crippen LogP contribution in [0.15, 0.2) is 170 Å². The van der Waals surface area contributed by atoms with E-state index in [9.17, 15) is 10.2 Å². The molecule has 0 aliphatic heterocycles. The molecule has 10 aromatic rings. The summed E-state index contributed by atoms with van der Waals surface area (Å²) in [5.74, 6) is 1.74. The SMILES string of the molecule is Cc1cc(-c2ccccc2OC(C)C[C@@H](C)Oc2ccccc2-c2cc(C)cc(-n3c4ccccc4c4ccccc43)c2O)c(O)c(-n2c3ccccc3c3ccccc32)c1. The number of hydrogen-bond donors (Lipinski definition) is 2. The van der Waals surface area contributed by atoms with Crippen molar-refractivity contribution >= 4 is 43.6 Å². The molecule has 0 radical (unpaired) electrons. The summed E-state index contributed by atoms with van der Waals surface area (Å²) < 4.78 is 17.7. The van der Waals surface area contributed by atoms with Gasteiger partial charge in [0.1, 0.15) is 23.0 Å². The van der Waals surface area contributed by atoms with E-state index in [1.807, 2.05) is 111 Å². The molecular weight excluding hydrogens is 753 g/mol.